The molecule has 0 saturated carbocycles. The molecular formula is C18H17FN2O2S2. The van der Waals surface area contributed by atoms with Crippen LogP contribution < -0.4 is 4.74 Å². The first-order chi connectivity index (χ1) is 12.0. The molecule has 25 heavy (non-hydrogen) atoms. The molecule has 0 radical (unpaired) electrons. The number of hydrogen-bond donors (Lipinski definition) is 0. The summed E-state index contributed by atoms with van der Waals surface area (Å²) < 4.78 is 18.4. The van der Waals surface area contributed by atoms with E-state index in [1.165, 1.54) is 23.5 Å². The Labute approximate surface area is 153 Å². The largest absolute Gasteiger partial charge is 0.492 e. The summed E-state index contributed by atoms with van der Waals surface area (Å²) in [6, 6.07) is 9.79. The number of aryl methyl sites for hydroxylation is 1. The van der Waals surface area contributed by atoms with Crippen molar-refractivity contribution in [2.45, 2.75) is 6.92 Å². The van der Waals surface area contributed by atoms with E-state index < -0.39 is 0 Å². The van der Waals surface area contributed by atoms with E-state index in [9.17, 15) is 9.18 Å². The second kappa shape index (κ2) is 7.76. The summed E-state index contributed by atoms with van der Waals surface area (Å²) in [5, 5.41) is 2.86. The van der Waals surface area contributed by atoms with Gasteiger partial charge in [0.25, 0.3) is 5.91 Å². The Morgan fingerprint density at radius 2 is 2.04 bits per heavy atom. The van der Waals surface area contributed by atoms with E-state index >= 15 is 0 Å². The number of hydrogen-bond acceptors (Lipinski definition) is 5. The van der Waals surface area contributed by atoms with Crippen molar-refractivity contribution in [3.8, 4) is 15.6 Å². The Kier molecular flexibility index (Phi) is 5.45. The summed E-state index contributed by atoms with van der Waals surface area (Å²) in [7, 11) is 1.74. The highest BCUT2D eigenvalue weighted by molar-refractivity contribution is 7.22. The fourth-order valence-corrected chi connectivity index (χ4v) is 4.06. The molecule has 2 heterocycles. The lowest BCUT2D eigenvalue weighted by atomic mass is 10.3. The molecular weight excluding hydrogens is 359 g/mol. The standard InChI is InChI=1S/C18H17FN2O2S2/c1-12-16(25-17(20-12)15-4-3-11-24-15)18(22)21(2)9-10-23-14-7-5-13(19)6-8-14/h3-8,11H,9-10H2,1-2H3. The van der Waals surface area contributed by atoms with Gasteiger partial charge in [-0.3, -0.25) is 4.79 Å². The molecule has 2 aromatic heterocycles. The molecule has 0 fully saturated rings. The fraction of sp³-hybridized carbons (Fsp3) is 0.222. The maximum Gasteiger partial charge on any atom is 0.265 e. The van der Waals surface area contributed by atoms with Gasteiger partial charge in [0.15, 0.2) is 0 Å². The molecule has 0 aliphatic rings. The summed E-state index contributed by atoms with van der Waals surface area (Å²) in [5.41, 5.74) is 0.740. The first-order valence-corrected chi connectivity index (χ1v) is 9.39. The minimum Gasteiger partial charge on any atom is -0.492 e. The van der Waals surface area contributed by atoms with Gasteiger partial charge in [-0.25, -0.2) is 9.37 Å². The third-order valence-electron chi connectivity index (χ3n) is 3.58. The summed E-state index contributed by atoms with van der Waals surface area (Å²) >= 11 is 3.02. The molecule has 0 spiro atoms. The van der Waals surface area contributed by atoms with Crippen molar-refractivity contribution in [1.29, 1.82) is 0 Å². The molecule has 0 bridgehead atoms. The molecule has 0 saturated heterocycles. The number of thiazole rings is 1. The SMILES string of the molecule is Cc1nc(-c2cccs2)sc1C(=O)N(C)CCOc1ccc(F)cc1. The highest BCUT2D eigenvalue weighted by Crippen LogP contribution is 2.31. The second-order valence-electron chi connectivity index (χ2n) is 5.44. The molecule has 0 aliphatic heterocycles. The van der Waals surface area contributed by atoms with Crippen molar-refractivity contribution >= 4 is 28.6 Å². The Hall–Kier alpha value is -2.25. The van der Waals surface area contributed by atoms with E-state index in [-0.39, 0.29) is 11.7 Å². The lowest BCUT2D eigenvalue weighted by Gasteiger charge is -2.16. The van der Waals surface area contributed by atoms with Crippen LogP contribution in [0.2, 0.25) is 0 Å². The lowest BCUT2D eigenvalue weighted by Crippen LogP contribution is -2.30. The zero-order chi connectivity index (χ0) is 17.8. The van der Waals surface area contributed by atoms with Crippen molar-refractivity contribution in [1.82, 2.24) is 9.88 Å². The number of amides is 1. The van der Waals surface area contributed by atoms with Crippen LogP contribution in [0.25, 0.3) is 9.88 Å². The molecule has 0 atom stereocenters. The third kappa shape index (κ3) is 4.24. The minimum atomic E-state index is -0.304. The van der Waals surface area contributed by atoms with E-state index in [0.29, 0.717) is 23.8 Å². The first kappa shape index (κ1) is 17.6. The van der Waals surface area contributed by atoms with E-state index in [4.69, 9.17) is 4.74 Å². The number of benzene rings is 1. The number of ether oxygens (including phenoxy) is 1. The van der Waals surface area contributed by atoms with Gasteiger partial charge in [0.2, 0.25) is 0 Å². The molecule has 7 heteroatoms. The molecule has 0 N–H and O–H groups in total. The molecule has 1 aromatic carbocycles. The average Bonchev–Trinajstić information content (AvgIpc) is 3.25. The molecule has 0 unspecified atom stereocenters. The van der Waals surface area contributed by atoms with Gasteiger partial charge in [0, 0.05) is 7.05 Å². The smallest absolute Gasteiger partial charge is 0.265 e. The van der Waals surface area contributed by atoms with Crippen LogP contribution in [-0.2, 0) is 0 Å². The number of nitrogens with zero attached hydrogens (tertiary/aromatic N) is 2. The van der Waals surface area contributed by atoms with Gasteiger partial charge >= 0.3 is 0 Å². The number of carbonyl (C=O) groups excluding carboxylic acids is 1. The van der Waals surface area contributed by atoms with Crippen LogP contribution in [0.15, 0.2) is 41.8 Å². The van der Waals surface area contributed by atoms with E-state index in [0.717, 1.165) is 15.6 Å². The normalized spacial score (nSPS) is 10.7. The molecule has 4 nitrogen and oxygen atoms in total. The molecule has 3 rings (SSSR count). The maximum atomic E-state index is 12.9. The van der Waals surface area contributed by atoms with Gasteiger partial charge < -0.3 is 9.64 Å². The van der Waals surface area contributed by atoms with Gasteiger partial charge in [0.1, 0.15) is 28.1 Å². The molecule has 0 aliphatic carbocycles. The minimum absolute atomic E-state index is 0.0690. The number of likely N-dealkylation sites (N-methyl/N-ethyl adjacent to an activating group) is 1. The predicted molar refractivity (Wildman–Crippen MR) is 99.0 cm³/mol. The van der Waals surface area contributed by atoms with E-state index in [2.05, 4.69) is 4.98 Å². The summed E-state index contributed by atoms with van der Waals surface area (Å²) in [6.45, 7) is 2.62. The van der Waals surface area contributed by atoms with Crippen molar-refractivity contribution in [3.05, 3.63) is 58.2 Å². The topological polar surface area (TPSA) is 42.4 Å². The number of thiophene rings is 1. The second-order valence-corrected chi connectivity index (χ2v) is 7.39. The third-order valence-corrected chi connectivity index (χ3v) is 5.76. The monoisotopic (exact) mass is 376 g/mol. The Bertz CT molecular complexity index is 845. The average molecular weight is 376 g/mol. The van der Waals surface area contributed by atoms with E-state index in [1.54, 1.807) is 35.4 Å². The van der Waals surface area contributed by atoms with Gasteiger partial charge in [0.05, 0.1) is 17.1 Å². The van der Waals surface area contributed by atoms with Crippen LogP contribution in [0.3, 0.4) is 0 Å². The Morgan fingerprint density at radius 1 is 1.28 bits per heavy atom. The predicted octanol–water partition coefficient (Wildman–Crippen LogP) is 4.47. The molecule has 130 valence electrons. The highest BCUT2D eigenvalue weighted by atomic mass is 32.1. The molecule has 1 amide bonds. The lowest BCUT2D eigenvalue weighted by molar-refractivity contribution is 0.0777. The number of rotatable bonds is 6. The van der Waals surface area contributed by atoms with Gasteiger partial charge in [-0.05, 0) is 42.6 Å². The zero-order valence-electron chi connectivity index (χ0n) is 13.9. The summed E-state index contributed by atoms with van der Waals surface area (Å²) in [6.07, 6.45) is 0. The van der Waals surface area contributed by atoms with Crippen molar-refractivity contribution in [3.63, 3.8) is 0 Å². The zero-order valence-corrected chi connectivity index (χ0v) is 15.5. The number of halogens is 1. The first-order valence-electron chi connectivity index (χ1n) is 7.69. The van der Waals surface area contributed by atoms with Gasteiger partial charge in [-0.1, -0.05) is 6.07 Å². The molecule has 3 aromatic rings. The van der Waals surface area contributed by atoms with Crippen molar-refractivity contribution < 1.29 is 13.9 Å². The number of carbonyl (C=O) groups is 1. The van der Waals surface area contributed by atoms with Crippen molar-refractivity contribution in [2.75, 3.05) is 20.2 Å². The summed E-state index contributed by atoms with van der Waals surface area (Å²) in [5.74, 6) is 0.207. The summed E-state index contributed by atoms with van der Waals surface area (Å²) in [4.78, 5) is 20.5. The van der Waals surface area contributed by atoms with Crippen LogP contribution in [0.1, 0.15) is 15.4 Å². The fourth-order valence-electron chi connectivity index (χ4n) is 2.21. The van der Waals surface area contributed by atoms with Crippen LogP contribution >= 0.6 is 22.7 Å². The number of aromatic nitrogens is 1. The van der Waals surface area contributed by atoms with Gasteiger partial charge in [-0.2, -0.15) is 0 Å². The van der Waals surface area contributed by atoms with Gasteiger partial charge in [-0.15, -0.1) is 22.7 Å². The quantitative estimate of drug-likeness (QED) is 0.637. The highest BCUT2D eigenvalue weighted by Gasteiger charge is 2.19. The van der Waals surface area contributed by atoms with Crippen LogP contribution in [0, 0.1) is 12.7 Å². The van der Waals surface area contributed by atoms with Crippen molar-refractivity contribution in [2.24, 2.45) is 0 Å². The van der Waals surface area contributed by atoms with Crippen LogP contribution in [-0.4, -0.2) is 36.0 Å². The van der Waals surface area contributed by atoms with E-state index in [1.807, 2.05) is 24.4 Å². The van der Waals surface area contributed by atoms with Crippen LogP contribution in [0.4, 0.5) is 4.39 Å². The van der Waals surface area contributed by atoms with Crippen LogP contribution in [0.5, 0.6) is 5.75 Å². The maximum absolute atomic E-state index is 12.9. The Balaban J connectivity index is 1.59. The Morgan fingerprint density at radius 3 is 2.72 bits per heavy atom.